The first-order valence-electron chi connectivity index (χ1n) is 10.6. The number of carbonyl (C=O) groups excluding carboxylic acids is 2. The van der Waals surface area contributed by atoms with E-state index < -0.39 is 10.8 Å². The van der Waals surface area contributed by atoms with Crippen molar-refractivity contribution in [2.45, 2.75) is 57.8 Å². The third-order valence-corrected chi connectivity index (χ3v) is 5.69. The Morgan fingerprint density at radius 3 is 2.67 bits per heavy atom. The number of rotatable bonds is 8. The summed E-state index contributed by atoms with van der Waals surface area (Å²) in [6.45, 7) is 4.02. The van der Waals surface area contributed by atoms with Crippen LogP contribution in [-0.4, -0.2) is 23.2 Å². The predicted octanol–water partition coefficient (Wildman–Crippen LogP) is 4.71. The molecule has 0 radical (unpaired) electrons. The molecule has 0 atom stereocenters. The Balaban J connectivity index is 1.60. The quantitative estimate of drug-likeness (QED) is 0.219. The number of benzene rings is 1. The minimum absolute atomic E-state index is 0.0295. The van der Waals surface area contributed by atoms with Crippen molar-refractivity contribution in [1.29, 1.82) is 0 Å². The fourth-order valence-corrected chi connectivity index (χ4v) is 4.08. The fraction of sp³-hybridized carbons (Fsp3) is 0.478. The summed E-state index contributed by atoms with van der Waals surface area (Å²) in [4.78, 5) is 35.0. The summed E-state index contributed by atoms with van der Waals surface area (Å²) in [6.07, 6.45) is 11.2. The van der Waals surface area contributed by atoms with Crippen LogP contribution in [0.3, 0.4) is 0 Å². The largest absolute Gasteiger partial charge is 0.487 e. The van der Waals surface area contributed by atoms with Gasteiger partial charge in [0.2, 0.25) is 0 Å². The molecular weight excluding hydrogens is 384 g/mol. The number of ether oxygens (including phenoxy) is 1. The SMILES string of the molecule is C=C1CC(=O)/C(=C\c2ccc(OCCCCC3CCCCC3)c([N+](=O)[O-])c2)C(=O)N1. The van der Waals surface area contributed by atoms with Gasteiger partial charge < -0.3 is 10.1 Å². The first-order valence-corrected chi connectivity index (χ1v) is 10.6. The van der Waals surface area contributed by atoms with Crippen molar-refractivity contribution in [3.05, 3.63) is 51.7 Å². The van der Waals surface area contributed by atoms with Gasteiger partial charge in [-0.15, -0.1) is 0 Å². The second-order valence-electron chi connectivity index (χ2n) is 8.05. The lowest BCUT2D eigenvalue weighted by Gasteiger charge is -2.21. The van der Waals surface area contributed by atoms with Gasteiger partial charge in [0.25, 0.3) is 5.91 Å². The smallest absolute Gasteiger partial charge is 0.311 e. The minimum atomic E-state index is -0.544. The van der Waals surface area contributed by atoms with Crippen LogP contribution in [0.15, 0.2) is 36.0 Å². The number of nitrogens with zero attached hydrogens (tertiary/aromatic N) is 1. The Bertz CT molecular complexity index is 846. The maximum absolute atomic E-state index is 12.1. The van der Waals surface area contributed by atoms with Crippen LogP contribution < -0.4 is 10.1 Å². The number of hydrogen-bond donors (Lipinski definition) is 1. The molecule has 30 heavy (non-hydrogen) atoms. The van der Waals surface area contributed by atoms with Crippen LogP contribution in [0.5, 0.6) is 5.75 Å². The topological polar surface area (TPSA) is 98.5 Å². The van der Waals surface area contributed by atoms with Crippen molar-refractivity contribution >= 4 is 23.5 Å². The third-order valence-electron chi connectivity index (χ3n) is 5.69. The van der Waals surface area contributed by atoms with Gasteiger partial charge in [0.15, 0.2) is 11.5 Å². The molecule has 0 aromatic heterocycles. The number of Topliss-reactive ketones (excluding diaryl/α,β-unsaturated/α-hetero) is 1. The van der Waals surface area contributed by atoms with Crippen molar-refractivity contribution in [1.82, 2.24) is 5.32 Å². The number of allylic oxidation sites excluding steroid dienone is 1. The summed E-state index contributed by atoms with van der Waals surface area (Å²) >= 11 is 0. The highest BCUT2D eigenvalue weighted by molar-refractivity contribution is 6.25. The standard InChI is InChI=1S/C23H28N2O5/c1-16-13-21(26)19(23(27)24-16)14-18-10-11-22(20(15-18)25(28)29)30-12-6-5-9-17-7-3-2-4-8-17/h10-11,14-15,17H,1-9,12-13H2,(H,24,27)/b19-14+. The Hall–Kier alpha value is -2.96. The molecule has 1 aliphatic heterocycles. The van der Waals surface area contributed by atoms with E-state index >= 15 is 0 Å². The lowest BCUT2D eigenvalue weighted by molar-refractivity contribution is -0.385. The summed E-state index contributed by atoms with van der Waals surface area (Å²) in [5.41, 5.74) is 0.538. The monoisotopic (exact) mass is 412 g/mol. The Morgan fingerprint density at radius 1 is 1.20 bits per heavy atom. The summed E-state index contributed by atoms with van der Waals surface area (Å²) in [6, 6.07) is 4.46. The normalized spacial score (nSPS) is 19.1. The highest BCUT2D eigenvalue weighted by atomic mass is 16.6. The fourth-order valence-electron chi connectivity index (χ4n) is 4.08. The summed E-state index contributed by atoms with van der Waals surface area (Å²) < 4.78 is 5.67. The minimum Gasteiger partial charge on any atom is -0.487 e. The first kappa shape index (κ1) is 21.7. The Labute approximate surface area is 176 Å². The van der Waals surface area contributed by atoms with Crippen molar-refractivity contribution in [3.63, 3.8) is 0 Å². The van der Waals surface area contributed by atoms with Crippen molar-refractivity contribution in [3.8, 4) is 5.75 Å². The van der Waals surface area contributed by atoms with E-state index in [-0.39, 0.29) is 29.2 Å². The Kier molecular flexibility index (Phi) is 7.38. The van der Waals surface area contributed by atoms with E-state index in [1.165, 1.54) is 56.7 Å². The van der Waals surface area contributed by atoms with Gasteiger partial charge in [-0.2, -0.15) is 0 Å². The van der Waals surface area contributed by atoms with E-state index in [1.54, 1.807) is 6.07 Å². The molecular formula is C23H28N2O5. The van der Waals surface area contributed by atoms with Crippen LogP contribution in [-0.2, 0) is 9.59 Å². The summed E-state index contributed by atoms with van der Waals surface area (Å²) in [5.74, 6) is 0.117. The van der Waals surface area contributed by atoms with Crippen LogP contribution in [0, 0.1) is 16.0 Å². The van der Waals surface area contributed by atoms with Crippen LogP contribution in [0.2, 0.25) is 0 Å². The molecule has 1 aliphatic carbocycles. The number of nitro benzene ring substituents is 1. The van der Waals surface area contributed by atoms with E-state index in [2.05, 4.69) is 11.9 Å². The molecule has 0 spiro atoms. The second-order valence-corrected chi connectivity index (χ2v) is 8.05. The molecule has 1 aromatic carbocycles. The maximum Gasteiger partial charge on any atom is 0.311 e. The van der Waals surface area contributed by atoms with E-state index in [0.29, 0.717) is 17.9 Å². The second kappa shape index (κ2) is 10.2. The van der Waals surface area contributed by atoms with Gasteiger partial charge >= 0.3 is 5.69 Å². The van der Waals surface area contributed by atoms with E-state index in [4.69, 9.17) is 4.74 Å². The van der Waals surface area contributed by atoms with E-state index in [9.17, 15) is 19.7 Å². The van der Waals surface area contributed by atoms with Crippen molar-refractivity contribution < 1.29 is 19.2 Å². The highest BCUT2D eigenvalue weighted by Gasteiger charge is 2.25. The van der Waals surface area contributed by atoms with Gasteiger partial charge in [0.05, 0.1) is 23.5 Å². The van der Waals surface area contributed by atoms with Gasteiger partial charge in [-0.05, 0) is 36.5 Å². The van der Waals surface area contributed by atoms with Gasteiger partial charge in [-0.3, -0.25) is 19.7 Å². The van der Waals surface area contributed by atoms with E-state index in [0.717, 1.165) is 18.8 Å². The van der Waals surface area contributed by atoms with Gasteiger partial charge in [0.1, 0.15) is 0 Å². The van der Waals surface area contributed by atoms with Gasteiger partial charge in [-0.1, -0.05) is 51.2 Å². The first-order chi connectivity index (χ1) is 14.4. The molecule has 160 valence electrons. The molecule has 1 amide bonds. The molecule has 1 heterocycles. The number of carbonyl (C=O) groups is 2. The molecule has 1 N–H and O–H groups in total. The molecule has 2 aliphatic rings. The predicted molar refractivity (Wildman–Crippen MR) is 114 cm³/mol. The molecule has 2 fully saturated rings. The molecule has 7 nitrogen and oxygen atoms in total. The van der Waals surface area contributed by atoms with Crippen LogP contribution in [0.1, 0.15) is 63.4 Å². The molecule has 1 saturated carbocycles. The van der Waals surface area contributed by atoms with Crippen LogP contribution in [0.25, 0.3) is 6.08 Å². The number of unbranched alkanes of at least 4 members (excludes halogenated alkanes) is 1. The number of nitro groups is 1. The maximum atomic E-state index is 12.1. The average molecular weight is 412 g/mol. The number of hydrogen-bond acceptors (Lipinski definition) is 5. The number of ketones is 1. The van der Waals surface area contributed by atoms with Crippen LogP contribution >= 0.6 is 0 Å². The zero-order chi connectivity index (χ0) is 21.5. The molecule has 1 aromatic rings. The van der Waals surface area contributed by atoms with Gasteiger partial charge in [-0.25, -0.2) is 0 Å². The van der Waals surface area contributed by atoms with Gasteiger partial charge in [0, 0.05) is 11.8 Å². The van der Waals surface area contributed by atoms with Crippen molar-refractivity contribution in [2.75, 3.05) is 6.61 Å². The number of amides is 1. The molecule has 1 saturated heterocycles. The average Bonchev–Trinajstić information content (AvgIpc) is 2.71. The lowest BCUT2D eigenvalue weighted by Crippen LogP contribution is -2.34. The van der Waals surface area contributed by atoms with Crippen LogP contribution in [0.4, 0.5) is 5.69 Å². The number of nitrogens with one attached hydrogen (secondary N) is 1. The van der Waals surface area contributed by atoms with Crippen molar-refractivity contribution in [2.24, 2.45) is 5.92 Å². The molecule has 3 rings (SSSR count). The third kappa shape index (κ3) is 5.78. The molecule has 7 heteroatoms. The molecule has 0 unspecified atom stereocenters. The number of piperidine rings is 1. The van der Waals surface area contributed by atoms with E-state index in [1.807, 2.05) is 0 Å². The highest BCUT2D eigenvalue weighted by Crippen LogP contribution is 2.30. The Morgan fingerprint density at radius 2 is 1.97 bits per heavy atom. The lowest BCUT2D eigenvalue weighted by atomic mass is 9.86. The zero-order valence-corrected chi connectivity index (χ0v) is 17.2. The summed E-state index contributed by atoms with van der Waals surface area (Å²) in [5, 5.41) is 14.0. The zero-order valence-electron chi connectivity index (χ0n) is 17.2. The summed E-state index contributed by atoms with van der Waals surface area (Å²) in [7, 11) is 0. The molecule has 0 bridgehead atoms.